The minimum atomic E-state index is -3.91. The smallest absolute Gasteiger partial charge is 0.419 e. The average molecular weight is 459 g/mol. The fourth-order valence-corrected chi connectivity index (χ4v) is 5.31. The molecule has 1 amide bonds. The Bertz CT molecular complexity index is 1370. The van der Waals surface area contributed by atoms with Gasteiger partial charge in [0.15, 0.2) is 5.58 Å². The number of hydrogen-bond donors (Lipinski definition) is 2. The number of piperidine rings is 1. The fourth-order valence-electron chi connectivity index (χ4n) is 3.77. The molecule has 0 spiro atoms. The summed E-state index contributed by atoms with van der Waals surface area (Å²) < 4.78 is 34.0. The number of carbonyl (C=O) groups excluding carboxylic acids is 1. The highest BCUT2D eigenvalue weighted by Gasteiger charge is 2.33. The molecule has 4 rings (SSSR count). The maximum absolute atomic E-state index is 13.2. The van der Waals surface area contributed by atoms with E-state index in [2.05, 4.69) is 5.32 Å². The minimum Gasteiger partial charge on any atom is -0.478 e. The molecule has 0 radical (unpaired) electrons. The number of carboxylic acid groups (broad SMARTS) is 1. The van der Waals surface area contributed by atoms with Crippen molar-refractivity contribution in [3.8, 4) is 0 Å². The molecule has 1 fully saturated rings. The van der Waals surface area contributed by atoms with E-state index in [0.29, 0.717) is 24.0 Å². The number of aromatic nitrogens is 1. The Hall–Kier alpha value is -3.44. The van der Waals surface area contributed by atoms with Crippen molar-refractivity contribution in [3.05, 3.63) is 58.6 Å². The van der Waals surface area contributed by atoms with Gasteiger partial charge in [-0.25, -0.2) is 18.0 Å². The second-order valence-corrected chi connectivity index (χ2v) is 9.57. The molecule has 1 atom stereocenters. The van der Waals surface area contributed by atoms with Gasteiger partial charge < -0.3 is 14.8 Å². The third kappa shape index (κ3) is 4.04. The Balaban J connectivity index is 1.53. The Kier molecular flexibility index (Phi) is 5.61. The van der Waals surface area contributed by atoms with E-state index < -0.39 is 27.7 Å². The molecule has 168 valence electrons. The van der Waals surface area contributed by atoms with Gasteiger partial charge in [-0.2, -0.15) is 4.31 Å². The van der Waals surface area contributed by atoms with E-state index in [-0.39, 0.29) is 35.0 Å². The summed E-state index contributed by atoms with van der Waals surface area (Å²) in [6.07, 6.45) is 0.998. The van der Waals surface area contributed by atoms with Crippen molar-refractivity contribution in [1.29, 1.82) is 0 Å². The lowest BCUT2D eigenvalue weighted by molar-refractivity contribution is -0.120. The van der Waals surface area contributed by atoms with Crippen LogP contribution in [0.4, 0.5) is 5.69 Å². The van der Waals surface area contributed by atoms with Crippen molar-refractivity contribution in [1.82, 2.24) is 8.87 Å². The zero-order chi connectivity index (χ0) is 23.0. The zero-order valence-corrected chi connectivity index (χ0v) is 18.0. The van der Waals surface area contributed by atoms with Crippen molar-refractivity contribution < 1.29 is 27.5 Å². The van der Waals surface area contributed by atoms with E-state index >= 15 is 0 Å². The van der Waals surface area contributed by atoms with Crippen molar-refractivity contribution >= 4 is 38.7 Å². The second kappa shape index (κ2) is 8.24. The van der Waals surface area contributed by atoms with E-state index in [9.17, 15) is 22.8 Å². The lowest BCUT2D eigenvalue weighted by Crippen LogP contribution is -2.43. The molecule has 1 unspecified atom stereocenters. The van der Waals surface area contributed by atoms with Gasteiger partial charge in [0.1, 0.15) is 0 Å². The monoisotopic (exact) mass is 459 g/mol. The van der Waals surface area contributed by atoms with Crippen LogP contribution in [0, 0.1) is 5.92 Å². The standard InChI is InChI=1S/C21H21N3O7S/c1-23-17-8-7-16(11-18(17)31-21(23)28)32(29,30)24-9-3-5-14(12-24)19(25)22-15-6-2-4-13(10-15)20(26)27/h2,4,6-8,10-11,14H,3,5,9,12H2,1H3,(H,22,25)(H,26,27). The van der Waals surface area contributed by atoms with Gasteiger partial charge in [-0.05, 0) is 43.2 Å². The number of carboxylic acids is 1. The molecule has 2 aromatic carbocycles. The van der Waals surface area contributed by atoms with Crippen LogP contribution in [0.25, 0.3) is 11.1 Å². The Morgan fingerprint density at radius 1 is 1.19 bits per heavy atom. The van der Waals surface area contributed by atoms with Crippen molar-refractivity contribution in [2.75, 3.05) is 18.4 Å². The van der Waals surface area contributed by atoms with Crippen LogP contribution in [0.15, 0.2) is 56.6 Å². The maximum Gasteiger partial charge on any atom is 0.419 e. The molecule has 3 aromatic rings. The Labute approximate surface area is 183 Å². The van der Waals surface area contributed by atoms with Crippen LogP contribution in [-0.4, -0.2) is 47.4 Å². The molecule has 32 heavy (non-hydrogen) atoms. The predicted molar refractivity (Wildman–Crippen MR) is 115 cm³/mol. The first-order valence-electron chi connectivity index (χ1n) is 9.91. The molecule has 1 aliphatic heterocycles. The third-order valence-corrected chi connectivity index (χ3v) is 7.39. The molecule has 1 saturated heterocycles. The van der Waals surface area contributed by atoms with Crippen LogP contribution in [0.3, 0.4) is 0 Å². The molecule has 1 aliphatic rings. The van der Waals surface area contributed by atoms with Crippen LogP contribution >= 0.6 is 0 Å². The predicted octanol–water partition coefficient (Wildman–Crippen LogP) is 1.87. The number of hydrogen-bond acceptors (Lipinski definition) is 6. The van der Waals surface area contributed by atoms with E-state index in [1.165, 1.54) is 52.3 Å². The number of aromatic carboxylic acids is 1. The molecule has 0 aliphatic carbocycles. The Morgan fingerprint density at radius 3 is 2.72 bits per heavy atom. The summed E-state index contributed by atoms with van der Waals surface area (Å²) in [4.78, 5) is 35.5. The number of benzene rings is 2. The van der Waals surface area contributed by atoms with E-state index in [1.54, 1.807) is 6.07 Å². The number of amides is 1. The molecule has 1 aromatic heterocycles. The van der Waals surface area contributed by atoms with Crippen LogP contribution < -0.4 is 11.1 Å². The summed E-state index contributed by atoms with van der Waals surface area (Å²) in [7, 11) is -2.38. The summed E-state index contributed by atoms with van der Waals surface area (Å²) >= 11 is 0. The van der Waals surface area contributed by atoms with Gasteiger partial charge in [0.25, 0.3) is 0 Å². The van der Waals surface area contributed by atoms with Gasteiger partial charge in [0.05, 0.1) is 21.9 Å². The number of fused-ring (bicyclic) bond motifs is 1. The number of nitrogens with zero attached hydrogens (tertiary/aromatic N) is 2. The quantitative estimate of drug-likeness (QED) is 0.594. The fraction of sp³-hybridized carbons (Fsp3) is 0.286. The molecule has 2 heterocycles. The molecule has 2 N–H and O–H groups in total. The highest BCUT2D eigenvalue weighted by atomic mass is 32.2. The topological polar surface area (TPSA) is 139 Å². The van der Waals surface area contributed by atoms with Crippen LogP contribution in [0.2, 0.25) is 0 Å². The largest absolute Gasteiger partial charge is 0.478 e. The first-order valence-corrected chi connectivity index (χ1v) is 11.3. The summed E-state index contributed by atoms with van der Waals surface area (Å²) in [6.45, 7) is 0.251. The Morgan fingerprint density at radius 2 is 1.97 bits per heavy atom. The van der Waals surface area contributed by atoms with Crippen molar-refractivity contribution in [2.24, 2.45) is 13.0 Å². The first-order chi connectivity index (χ1) is 15.2. The number of rotatable bonds is 5. The van der Waals surface area contributed by atoms with Gasteiger partial charge in [-0.1, -0.05) is 6.07 Å². The van der Waals surface area contributed by atoms with Gasteiger partial charge in [0.2, 0.25) is 15.9 Å². The molecule has 0 saturated carbocycles. The third-order valence-electron chi connectivity index (χ3n) is 5.53. The average Bonchev–Trinajstić information content (AvgIpc) is 3.07. The molecule has 11 heteroatoms. The van der Waals surface area contributed by atoms with Crippen LogP contribution in [0.1, 0.15) is 23.2 Å². The summed E-state index contributed by atoms with van der Waals surface area (Å²) in [5, 5.41) is 11.8. The number of carbonyl (C=O) groups is 2. The molecule has 10 nitrogen and oxygen atoms in total. The molecular weight excluding hydrogens is 438 g/mol. The number of aryl methyl sites for hydroxylation is 1. The highest BCUT2D eigenvalue weighted by Crippen LogP contribution is 2.27. The number of oxazole rings is 1. The van der Waals surface area contributed by atoms with Gasteiger partial charge in [-0.15, -0.1) is 0 Å². The lowest BCUT2D eigenvalue weighted by atomic mass is 9.98. The van der Waals surface area contributed by atoms with Crippen LogP contribution in [0.5, 0.6) is 0 Å². The van der Waals surface area contributed by atoms with Crippen molar-refractivity contribution in [3.63, 3.8) is 0 Å². The highest BCUT2D eigenvalue weighted by molar-refractivity contribution is 7.89. The summed E-state index contributed by atoms with van der Waals surface area (Å²) in [5.41, 5.74) is 1.02. The number of nitrogens with one attached hydrogen (secondary N) is 1. The maximum atomic E-state index is 13.2. The van der Waals surface area contributed by atoms with Crippen molar-refractivity contribution in [2.45, 2.75) is 17.7 Å². The van der Waals surface area contributed by atoms with Crippen LogP contribution in [-0.2, 0) is 21.9 Å². The molecule has 0 bridgehead atoms. The first kappa shape index (κ1) is 21.8. The number of anilines is 1. The summed E-state index contributed by atoms with van der Waals surface area (Å²) in [6, 6.07) is 10.1. The molecular formula is C21H21N3O7S. The van der Waals surface area contributed by atoms with E-state index in [0.717, 1.165) is 0 Å². The van der Waals surface area contributed by atoms with E-state index in [4.69, 9.17) is 9.52 Å². The minimum absolute atomic E-state index is 0.0104. The number of sulfonamides is 1. The second-order valence-electron chi connectivity index (χ2n) is 7.63. The SMILES string of the molecule is Cn1c(=O)oc2cc(S(=O)(=O)N3CCCC(C(=O)Nc4cccc(C(=O)O)c4)C3)ccc21. The van der Waals surface area contributed by atoms with Gasteiger partial charge in [-0.3, -0.25) is 9.36 Å². The van der Waals surface area contributed by atoms with Gasteiger partial charge in [0, 0.05) is 31.9 Å². The van der Waals surface area contributed by atoms with E-state index in [1.807, 2.05) is 0 Å². The normalized spacial score (nSPS) is 17.3. The van der Waals surface area contributed by atoms with Gasteiger partial charge >= 0.3 is 11.7 Å². The lowest BCUT2D eigenvalue weighted by Gasteiger charge is -2.31. The summed E-state index contributed by atoms with van der Waals surface area (Å²) in [5.74, 6) is -2.67. The zero-order valence-electron chi connectivity index (χ0n) is 17.1.